The van der Waals surface area contributed by atoms with Gasteiger partial charge in [-0.2, -0.15) is 0 Å². The molecule has 108 valence electrons. The van der Waals surface area contributed by atoms with Gasteiger partial charge in [-0.1, -0.05) is 49.7 Å². The Morgan fingerprint density at radius 2 is 1.85 bits per heavy atom. The molecule has 20 heavy (non-hydrogen) atoms. The Bertz CT molecular complexity index is 538. The van der Waals surface area contributed by atoms with Crippen LogP contribution in [0.25, 0.3) is 10.8 Å². The van der Waals surface area contributed by atoms with E-state index in [1.807, 2.05) is 7.05 Å². The Labute approximate surface area is 122 Å². The number of fused-ring (bicyclic) bond motifs is 1. The summed E-state index contributed by atoms with van der Waals surface area (Å²) >= 11 is 0. The Kier molecular flexibility index (Phi) is 5.57. The monoisotopic (exact) mass is 271 g/mol. The molecule has 0 radical (unpaired) electrons. The second kappa shape index (κ2) is 7.41. The highest BCUT2D eigenvalue weighted by Gasteiger charge is 2.11. The highest BCUT2D eigenvalue weighted by atomic mass is 16.5. The van der Waals surface area contributed by atoms with Crippen LogP contribution in [0.15, 0.2) is 42.5 Å². The van der Waals surface area contributed by atoms with Gasteiger partial charge in [0.25, 0.3) is 0 Å². The van der Waals surface area contributed by atoms with Gasteiger partial charge in [0, 0.05) is 0 Å². The third-order valence-electron chi connectivity index (χ3n) is 3.77. The molecule has 0 aromatic heterocycles. The van der Waals surface area contributed by atoms with Crippen LogP contribution in [0.2, 0.25) is 0 Å². The zero-order chi connectivity index (χ0) is 14.4. The highest BCUT2D eigenvalue weighted by Crippen LogP contribution is 2.21. The first kappa shape index (κ1) is 15.0. The maximum Gasteiger partial charge on any atom is 0.0665 e. The Balaban J connectivity index is 2.08. The molecule has 0 saturated carbocycles. The van der Waals surface area contributed by atoms with Crippen LogP contribution in [0.1, 0.15) is 38.3 Å². The molecule has 2 atom stereocenters. The fraction of sp³-hybridized carbons (Fsp3) is 0.444. The third kappa shape index (κ3) is 3.81. The minimum Gasteiger partial charge on any atom is -0.377 e. The van der Waals surface area contributed by atoms with Crippen molar-refractivity contribution >= 4 is 10.8 Å². The Morgan fingerprint density at radius 1 is 1.10 bits per heavy atom. The van der Waals surface area contributed by atoms with Crippen molar-refractivity contribution in [2.45, 2.75) is 38.8 Å². The lowest BCUT2D eigenvalue weighted by Crippen LogP contribution is -2.24. The van der Waals surface area contributed by atoms with Crippen molar-refractivity contribution in [3.8, 4) is 0 Å². The second-order valence-corrected chi connectivity index (χ2v) is 5.38. The average molecular weight is 271 g/mol. The Hall–Kier alpha value is -1.38. The predicted octanol–water partition coefficient (Wildman–Crippen LogP) is 4.31. The first-order chi connectivity index (χ1) is 9.74. The zero-order valence-corrected chi connectivity index (χ0v) is 12.7. The van der Waals surface area contributed by atoms with Gasteiger partial charge in [-0.3, -0.25) is 0 Å². The van der Waals surface area contributed by atoms with Gasteiger partial charge < -0.3 is 10.1 Å². The van der Waals surface area contributed by atoms with Gasteiger partial charge >= 0.3 is 0 Å². The van der Waals surface area contributed by atoms with Crippen molar-refractivity contribution in [3.63, 3.8) is 0 Å². The largest absolute Gasteiger partial charge is 0.377 e. The summed E-state index contributed by atoms with van der Waals surface area (Å²) < 4.78 is 5.94. The van der Waals surface area contributed by atoms with Gasteiger partial charge in [0.2, 0.25) is 0 Å². The van der Waals surface area contributed by atoms with Crippen LogP contribution in [0.5, 0.6) is 0 Å². The zero-order valence-electron chi connectivity index (χ0n) is 12.7. The van der Waals surface area contributed by atoms with Crippen LogP contribution in [0.4, 0.5) is 0 Å². The average Bonchev–Trinajstić information content (AvgIpc) is 2.48. The molecule has 2 heteroatoms. The van der Waals surface area contributed by atoms with E-state index in [0.717, 1.165) is 13.0 Å². The summed E-state index contributed by atoms with van der Waals surface area (Å²) in [6, 6.07) is 15.3. The van der Waals surface area contributed by atoms with Gasteiger partial charge in [-0.15, -0.1) is 0 Å². The lowest BCUT2D eigenvalue weighted by atomic mass is 10.0. The molecule has 2 aromatic rings. The molecule has 0 fully saturated rings. The molecule has 2 unspecified atom stereocenters. The lowest BCUT2D eigenvalue weighted by Gasteiger charge is -2.20. The van der Waals surface area contributed by atoms with Crippen LogP contribution in [0.3, 0.4) is 0 Å². The van der Waals surface area contributed by atoms with E-state index in [2.05, 4.69) is 61.6 Å². The van der Waals surface area contributed by atoms with E-state index in [1.54, 1.807) is 0 Å². The number of ether oxygens (including phenoxy) is 1. The Morgan fingerprint density at radius 3 is 2.55 bits per heavy atom. The number of likely N-dealkylation sites (N-methyl/N-ethyl adjacent to an activating group) is 1. The number of nitrogens with one attached hydrogen (secondary N) is 1. The molecule has 0 aliphatic carbocycles. The van der Waals surface area contributed by atoms with Crippen LogP contribution >= 0.6 is 0 Å². The van der Waals surface area contributed by atoms with Crippen LogP contribution in [0, 0.1) is 0 Å². The molecule has 2 rings (SSSR count). The standard InChI is InChI=1S/C18H25NO/c1-4-7-14(2)20-13-18(19-3)17-11-10-15-8-5-6-9-16(15)12-17/h5-6,8-12,14,18-19H,4,7,13H2,1-3H3. The van der Waals surface area contributed by atoms with E-state index >= 15 is 0 Å². The summed E-state index contributed by atoms with van der Waals surface area (Å²) in [5.74, 6) is 0. The maximum absolute atomic E-state index is 5.94. The molecule has 0 aliphatic heterocycles. The summed E-state index contributed by atoms with van der Waals surface area (Å²) in [5.41, 5.74) is 1.29. The summed E-state index contributed by atoms with van der Waals surface area (Å²) in [6.07, 6.45) is 2.62. The van der Waals surface area contributed by atoms with Crippen molar-refractivity contribution in [3.05, 3.63) is 48.0 Å². The minimum absolute atomic E-state index is 0.249. The number of hydrogen-bond acceptors (Lipinski definition) is 2. The first-order valence-electron chi connectivity index (χ1n) is 7.52. The predicted molar refractivity (Wildman–Crippen MR) is 86.1 cm³/mol. The first-order valence-corrected chi connectivity index (χ1v) is 7.52. The summed E-state index contributed by atoms with van der Waals surface area (Å²) in [5, 5.41) is 5.92. The van der Waals surface area contributed by atoms with Gasteiger partial charge in [-0.25, -0.2) is 0 Å². The van der Waals surface area contributed by atoms with Gasteiger partial charge in [0.05, 0.1) is 18.8 Å². The second-order valence-electron chi connectivity index (χ2n) is 5.38. The van der Waals surface area contributed by atoms with Crippen molar-refractivity contribution < 1.29 is 4.74 Å². The normalized spacial score (nSPS) is 14.3. The molecule has 0 saturated heterocycles. The SMILES string of the molecule is CCCC(C)OCC(NC)c1ccc2ccccc2c1. The molecule has 0 bridgehead atoms. The van der Waals surface area contributed by atoms with Crippen LogP contribution in [-0.2, 0) is 4.74 Å². The van der Waals surface area contributed by atoms with Crippen molar-refractivity contribution in [1.82, 2.24) is 5.32 Å². The van der Waals surface area contributed by atoms with Gasteiger partial charge in [0.1, 0.15) is 0 Å². The van der Waals surface area contributed by atoms with E-state index in [4.69, 9.17) is 4.74 Å². The van der Waals surface area contributed by atoms with Crippen molar-refractivity contribution in [1.29, 1.82) is 0 Å². The minimum atomic E-state index is 0.249. The fourth-order valence-electron chi connectivity index (χ4n) is 2.52. The van der Waals surface area contributed by atoms with E-state index < -0.39 is 0 Å². The molecular formula is C18H25NO. The molecule has 2 aromatic carbocycles. The molecule has 1 N–H and O–H groups in total. The van der Waals surface area contributed by atoms with E-state index in [0.29, 0.717) is 6.10 Å². The van der Waals surface area contributed by atoms with E-state index in [9.17, 15) is 0 Å². The highest BCUT2D eigenvalue weighted by molar-refractivity contribution is 5.83. The maximum atomic E-state index is 5.94. The van der Waals surface area contributed by atoms with Gasteiger partial charge in [0.15, 0.2) is 0 Å². The quantitative estimate of drug-likeness (QED) is 0.810. The van der Waals surface area contributed by atoms with E-state index in [1.165, 1.54) is 22.8 Å². The van der Waals surface area contributed by atoms with Crippen molar-refractivity contribution in [2.75, 3.05) is 13.7 Å². The number of rotatable bonds is 7. The van der Waals surface area contributed by atoms with Gasteiger partial charge in [-0.05, 0) is 42.8 Å². The lowest BCUT2D eigenvalue weighted by molar-refractivity contribution is 0.0453. The molecular weight excluding hydrogens is 246 g/mol. The van der Waals surface area contributed by atoms with Crippen molar-refractivity contribution in [2.24, 2.45) is 0 Å². The summed E-state index contributed by atoms with van der Waals surface area (Å²) in [7, 11) is 1.99. The van der Waals surface area contributed by atoms with Crippen LogP contribution in [-0.4, -0.2) is 19.8 Å². The molecule has 0 heterocycles. The third-order valence-corrected chi connectivity index (χ3v) is 3.77. The summed E-state index contributed by atoms with van der Waals surface area (Å²) in [4.78, 5) is 0. The summed E-state index contributed by atoms with van der Waals surface area (Å²) in [6.45, 7) is 5.06. The smallest absolute Gasteiger partial charge is 0.0665 e. The number of hydrogen-bond donors (Lipinski definition) is 1. The van der Waals surface area contributed by atoms with E-state index in [-0.39, 0.29) is 6.04 Å². The van der Waals surface area contributed by atoms with Crippen LogP contribution < -0.4 is 5.32 Å². The fourth-order valence-corrected chi connectivity index (χ4v) is 2.52. The molecule has 0 spiro atoms. The number of benzene rings is 2. The topological polar surface area (TPSA) is 21.3 Å². The molecule has 2 nitrogen and oxygen atoms in total. The molecule has 0 amide bonds. The molecule has 0 aliphatic rings.